The maximum Gasteiger partial charge on any atom is 0.151 e. The van der Waals surface area contributed by atoms with Crippen molar-refractivity contribution in [3.63, 3.8) is 0 Å². The Kier molecular flexibility index (Phi) is 4.64. The Morgan fingerprint density at radius 1 is 0.952 bits per heavy atom. The minimum absolute atomic E-state index is 0.133. The predicted molar refractivity (Wildman–Crippen MR) is 92.2 cm³/mol. The van der Waals surface area contributed by atoms with E-state index in [1.165, 1.54) is 5.56 Å². The van der Waals surface area contributed by atoms with Crippen LogP contribution < -0.4 is 10.6 Å². The molecule has 2 aromatic rings. The van der Waals surface area contributed by atoms with Gasteiger partial charge in [-0.15, -0.1) is 0 Å². The van der Waals surface area contributed by atoms with Gasteiger partial charge in [-0.25, -0.2) is 4.98 Å². The molecule has 3 nitrogen and oxygen atoms in total. The first-order valence-corrected chi connectivity index (χ1v) is 7.48. The molecule has 0 aliphatic carbocycles. The molecule has 2 N–H and O–H groups in total. The van der Waals surface area contributed by atoms with Crippen LogP contribution in [0.1, 0.15) is 26.3 Å². The second-order valence-electron chi connectivity index (χ2n) is 5.85. The van der Waals surface area contributed by atoms with Gasteiger partial charge in [0.2, 0.25) is 0 Å². The number of hydrogen-bond donors (Lipinski definition) is 2. The Morgan fingerprint density at radius 2 is 1.52 bits per heavy atom. The van der Waals surface area contributed by atoms with Gasteiger partial charge in [-0.05, 0) is 29.2 Å². The number of hydrogen-bond acceptors (Lipinski definition) is 3. The fourth-order valence-electron chi connectivity index (χ4n) is 1.92. The van der Waals surface area contributed by atoms with Gasteiger partial charge in [0.25, 0.3) is 0 Å². The summed E-state index contributed by atoms with van der Waals surface area (Å²) in [5.41, 5.74) is 2.34. The van der Waals surface area contributed by atoms with E-state index >= 15 is 0 Å². The lowest BCUT2D eigenvalue weighted by Crippen LogP contribution is -2.10. The molecule has 2 rings (SSSR count). The van der Waals surface area contributed by atoms with Gasteiger partial charge >= 0.3 is 0 Å². The Hall–Kier alpha value is -1.45. The van der Waals surface area contributed by atoms with Crippen molar-refractivity contribution in [3.05, 3.63) is 45.9 Å². The first-order chi connectivity index (χ1) is 9.81. The molecule has 0 radical (unpaired) electrons. The summed E-state index contributed by atoms with van der Waals surface area (Å²) >= 11 is 12.2. The van der Waals surface area contributed by atoms with Crippen LogP contribution in [0.5, 0.6) is 0 Å². The Labute approximate surface area is 135 Å². The van der Waals surface area contributed by atoms with Gasteiger partial charge in [0, 0.05) is 12.7 Å². The fourth-order valence-corrected chi connectivity index (χ4v) is 2.42. The van der Waals surface area contributed by atoms with Crippen LogP contribution in [0, 0.1) is 0 Å². The van der Waals surface area contributed by atoms with E-state index in [-0.39, 0.29) is 5.41 Å². The highest BCUT2D eigenvalue weighted by Gasteiger charge is 2.13. The molecule has 0 aliphatic rings. The average molecular weight is 324 g/mol. The van der Waals surface area contributed by atoms with E-state index in [9.17, 15) is 0 Å². The minimum Gasteiger partial charge on any atom is -0.372 e. The lowest BCUT2D eigenvalue weighted by Gasteiger charge is -2.19. The van der Waals surface area contributed by atoms with Crippen molar-refractivity contribution in [2.45, 2.75) is 26.2 Å². The van der Waals surface area contributed by atoms with Crippen LogP contribution in [0.25, 0.3) is 0 Å². The van der Waals surface area contributed by atoms with Gasteiger partial charge in [0.15, 0.2) is 5.82 Å². The van der Waals surface area contributed by atoms with E-state index in [1.54, 1.807) is 13.1 Å². The number of pyridine rings is 1. The quantitative estimate of drug-likeness (QED) is 0.786. The van der Waals surface area contributed by atoms with Gasteiger partial charge in [0.1, 0.15) is 5.82 Å². The van der Waals surface area contributed by atoms with Crippen LogP contribution in [0.3, 0.4) is 0 Å². The summed E-state index contributed by atoms with van der Waals surface area (Å²) in [6, 6.07) is 9.92. The largest absolute Gasteiger partial charge is 0.372 e. The minimum atomic E-state index is 0.133. The summed E-state index contributed by atoms with van der Waals surface area (Å²) < 4.78 is 0. The highest BCUT2D eigenvalue weighted by molar-refractivity contribution is 6.37. The van der Waals surface area contributed by atoms with E-state index in [4.69, 9.17) is 23.2 Å². The van der Waals surface area contributed by atoms with Gasteiger partial charge in [0.05, 0.1) is 10.0 Å². The van der Waals surface area contributed by atoms with Crippen molar-refractivity contribution in [1.82, 2.24) is 4.98 Å². The third kappa shape index (κ3) is 3.80. The molecule has 1 aromatic carbocycles. The van der Waals surface area contributed by atoms with Crippen LogP contribution in [-0.2, 0) is 5.41 Å². The molecule has 5 heteroatoms. The van der Waals surface area contributed by atoms with Crippen molar-refractivity contribution in [1.29, 1.82) is 0 Å². The van der Waals surface area contributed by atoms with Crippen LogP contribution in [-0.4, -0.2) is 12.0 Å². The van der Waals surface area contributed by atoms with E-state index in [1.807, 2.05) is 12.1 Å². The SMILES string of the molecule is CNc1nc(Nc2ccc(C(C)(C)C)cc2)c(Cl)cc1Cl. The number of benzene rings is 1. The summed E-state index contributed by atoms with van der Waals surface area (Å²) in [6.07, 6.45) is 0. The van der Waals surface area contributed by atoms with Crippen molar-refractivity contribution in [2.24, 2.45) is 0 Å². The van der Waals surface area contributed by atoms with Crippen molar-refractivity contribution < 1.29 is 0 Å². The molecule has 0 spiro atoms. The number of nitrogens with zero attached hydrogens (tertiary/aromatic N) is 1. The molecule has 112 valence electrons. The highest BCUT2D eigenvalue weighted by Crippen LogP contribution is 2.31. The van der Waals surface area contributed by atoms with Gasteiger partial charge in [-0.2, -0.15) is 0 Å². The third-order valence-electron chi connectivity index (χ3n) is 3.18. The zero-order chi connectivity index (χ0) is 15.6. The van der Waals surface area contributed by atoms with E-state index in [0.29, 0.717) is 21.7 Å². The fraction of sp³-hybridized carbons (Fsp3) is 0.312. The van der Waals surface area contributed by atoms with Crippen LogP contribution in [0.15, 0.2) is 30.3 Å². The molecule has 0 fully saturated rings. The number of halogens is 2. The molecule has 0 unspecified atom stereocenters. The normalized spacial score (nSPS) is 11.3. The molecule has 0 bridgehead atoms. The zero-order valence-corrected chi connectivity index (χ0v) is 14.1. The number of nitrogens with one attached hydrogen (secondary N) is 2. The Morgan fingerprint density at radius 3 is 2.05 bits per heavy atom. The third-order valence-corrected chi connectivity index (χ3v) is 3.76. The van der Waals surface area contributed by atoms with E-state index in [2.05, 4.69) is 48.5 Å². The van der Waals surface area contributed by atoms with Crippen LogP contribution in [0.2, 0.25) is 10.0 Å². The average Bonchev–Trinajstić information content (AvgIpc) is 2.41. The first-order valence-electron chi connectivity index (χ1n) is 6.72. The van der Waals surface area contributed by atoms with Gasteiger partial charge in [-0.1, -0.05) is 56.1 Å². The van der Waals surface area contributed by atoms with Crippen LogP contribution in [0.4, 0.5) is 17.3 Å². The summed E-state index contributed by atoms with van der Waals surface area (Å²) in [5, 5.41) is 7.13. The van der Waals surface area contributed by atoms with Gasteiger partial charge in [-0.3, -0.25) is 0 Å². The van der Waals surface area contributed by atoms with E-state index in [0.717, 1.165) is 5.69 Å². The summed E-state index contributed by atoms with van der Waals surface area (Å²) in [5.74, 6) is 1.17. The molecular formula is C16H19Cl2N3. The maximum atomic E-state index is 6.18. The molecule has 0 atom stereocenters. The molecule has 0 aliphatic heterocycles. The number of aromatic nitrogens is 1. The zero-order valence-electron chi connectivity index (χ0n) is 12.6. The second-order valence-corrected chi connectivity index (χ2v) is 6.67. The number of anilines is 3. The topological polar surface area (TPSA) is 37.0 Å². The molecule has 1 heterocycles. The smallest absolute Gasteiger partial charge is 0.151 e. The maximum absolute atomic E-state index is 6.18. The van der Waals surface area contributed by atoms with Gasteiger partial charge < -0.3 is 10.6 Å². The second kappa shape index (κ2) is 6.12. The number of rotatable bonds is 3. The van der Waals surface area contributed by atoms with Crippen molar-refractivity contribution >= 4 is 40.5 Å². The van der Waals surface area contributed by atoms with Crippen molar-refractivity contribution in [3.8, 4) is 0 Å². The van der Waals surface area contributed by atoms with E-state index < -0.39 is 0 Å². The summed E-state index contributed by atoms with van der Waals surface area (Å²) in [6.45, 7) is 6.56. The predicted octanol–water partition coefficient (Wildman–Crippen LogP) is 5.47. The molecule has 21 heavy (non-hydrogen) atoms. The molecule has 0 amide bonds. The lowest BCUT2D eigenvalue weighted by atomic mass is 9.87. The monoisotopic (exact) mass is 323 g/mol. The highest BCUT2D eigenvalue weighted by atomic mass is 35.5. The Balaban J connectivity index is 2.26. The van der Waals surface area contributed by atoms with Crippen molar-refractivity contribution in [2.75, 3.05) is 17.7 Å². The summed E-state index contributed by atoms with van der Waals surface area (Å²) in [4.78, 5) is 4.37. The Bertz CT molecular complexity index is 631. The molecule has 0 saturated carbocycles. The first kappa shape index (κ1) is 15.9. The molecule has 1 aromatic heterocycles. The standard InChI is InChI=1S/C16H19Cl2N3/c1-16(2,3)10-5-7-11(8-6-10)20-15-13(18)9-12(17)14(19-4)21-15/h5-9H,1-4H3,(H2,19,20,21). The molecular weight excluding hydrogens is 305 g/mol. The summed E-state index contributed by atoms with van der Waals surface area (Å²) in [7, 11) is 1.77. The lowest BCUT2D eigenvalue weighted by molar-refractivity contribution is 0.590. The molecule has 0 saturated heterocycles. The van der Waals surface area contributed by atoms with Crippen LogP contribution >= 0.6 is 23.2 Å².